The molecule has 1 saturated heterocycles. The third-order valence-corrected chi connectivity index (χ3v) is 2.67. The van der Waals surface area contributed by atoms with Crippen LogP contribution in [-0.4, -0.2) is 46.6 Å². The van der Waals surface area contributed by atoms with E-state index in [2.05, 4.69) is 10.3 Å². The zero-order valence-electron chi connectivity index (χ0n) is 9.47. The van der Waals surface area contributed by atoms with Gasteiger partial charge in [-0.15, -0.1) is 0 Å². The predicted octanol–water partition coefficient (Wildman–Crippen LogP) is -0.331. The molecule has 92 valence electrons. The highest BCUT2D eigenvalue weighted by Crippen LogP contribution is 2.09. The molecule has 1 aliphatic heterocycles. The van der Waals surface area contributed by atoms with E-state index in [0.29, 0.717) is 18.1 Å². The SMILES string of the molecule is Nc1ccc(NC(=O)CN2CCC(O)C2)nc1. The molecule has 0 aliphatic carbocycles. The molecule has 0 bridgehead atoms. The summed E-state index contributed by atoms with van der Waals surface area (Å²) in [5, 5.41) is 12.0. The fraction of sp³-hybridized carbons (Fsp3) is 0.455. The number of pyridine rings is 1. The van der Waals surface area contributed by atoms with Crippen LogP contribution in [0.2, 0.25) is 0 Å². The Labute approximate surface area is 99.4 Å². The van der Waals surface area contributed by atoms with Crippen LogP contribution < -0.4 is 11.1 Å². The summed E-state index contributed by atoms with van der Waals surface area (Å²) in [7, 11) is 0. The van der Waals surface area contributed by atoms with E-state index in [1.807, 2.05) is 4.90 Å². The van der Waals surface area contributed by atoms with Crippen LogP contribution in [0.1, 0.15) is 6.42 Å². The zero-order valence-corrected chi connectivity index (χ0v) is 9.47. The fourth-order valence-corrected chi connectivity index (χ4v) is 1.82. The number of anilines is 2. The monoisotopic (exact) mass is 236 g/mol. The first-order valence-electron chi connectivity index (χ1n) is 5.55. The van der Waals surface area contributed by atoms with E-state index < -0.39 is 0 Å². The molecule has 6 nitrogen and oxygen atoms in total. The summed E-state index contributed by atoms with van der Waals surface area (Å²) in [4.78, 5) is 17.6. The average Bonchev–Trinajstić information content (AvgIpc) is 2.67. The molecule has 1 aliphatic rings. The van der Waals surface area contributed by atoms with E-state index >= 15 is 0 Å². The standard InChI is InChI=1S/C11H16N4O2/c12-8-1-2-10(13-5-8)14-11(17)7-15-4-3-9(16)6-15/h1-2,5,9,16H,3-4,6-7,12H2,(H,13,14,17). The van der Waals surface area contributed by atoms with Crippen LogP contribution in [0.25, 0.3) is 0 Å². The summed E-state index contributed by atoms with van der Waals surface area (Å²) in [5.74, 6) is 0.361. The maximum Gasteiger partial charge on any atom is 0.239 e. The van der Waals surface area contributed by atoms with Crippen LogP contribution in [0.15, 0.2) is 18.3 Å². The highest BCUT2D eigenvalue weighted by Gasteiger charge is 2.21. The molecule has 1 fully saturated rings. The second kappa shape index (κ2) is 5.11. The minimum absolute atomic E-state index is 0.128. The number of nitrogens with two attached hydrogens (primary N) is 1. The Hall–Kier alpha value is -1.66. The predicted molar refractivity (Wildman–Crippen MR) is 64.3 cm³/mol. The van der Waals surface area contributed by atoms with Crippen LogP contribution in [0.3, 0.4) is 0 Å². The number of nitrogens with one attached hydrogen (secondary N) is 1. The minimum Gasteiger partial charge on any atom is -0.397 e. The first kappa shape index (κ1) is 11.8. The quantitative estimate of drug-likeness (QED) is 0.668. The van der Waals surface area contributed by atoms with Gasteiger partial charge in [-0.1, -0.05) is 0 Å². The number of aliphatic hydroxyl groups is 1. The van der Waals surface area contributed by atoms with Crippen molar-refractivity contribution < 1.29 is 9.90 Å². The van der Waals surface area contributed by atoms with Crippen molar-refractivity contribution in [1.82, 2.24) is 9.88 Å². The first-order chi connectivity index (χ1) is 8.13. The molecule has 1 aromatic rings. The third-order valence-electron chi connectivity index (χ3n) is 2.67. The van der Waals surface area contributed by atoms with Gasteiger partial charge in [0.15, 0.2) is 0 Å². The van der Waals surface area contributed by atoms with E-state index in [1.165, 1.54) is 6.20 Å². The second-order valence-corrected chi connectivity index (χ2v) is 4.20. The fourth-order valence-electron chi connectivity index (χ4n) is 1.82. The number of likely N-dealkylation sites (tertiary alicyclic amines) is 1. The molecule has 0 spiro atoms. The zero-order chi connectivity index (χ0) is 12.3. The van der Waals surface area contributed by atoms with E-state index in [-0.39, 0.29) is 18.6 Å². The highest BCUT2D eigenvalue weighted by atomic mass is 16.3. The normalized spacial score (nSPS) is 20.4. The Morgan fingerprint density at radius 3 is 3.06 bits per heavy atom. The van der Waals surface area contributed by atoms with Gasteiger partial charge in [0.1, 0.15) is 5.82 Å². The molecule has 17 heavy (non-hydrogen) atoms. The lowest BCUT2D eigenvalue weighted by Gasteiger charge is -2.14. The summed E-state index contributed by atoms with van der Waals surface area (Å²) in [6.45, 7) is 1.59. The van der Waals surface area contributed by atoms with Gasteiger partial charge in [-0.05, 0) is 18.6 Å². The molecule has 4 N–H and O–H groups in total. The van der Waals surface area contributed by atoms with Crippen LogP contribution >= 0.6 is 0 Å². The van der Waals surface area contributed by atoms with Crippen molar-refractivity contribution in [3.05, 3.63) is 18.3 Å². The molecule has 1 aromatic heterocycles. The van der Waals surface area contributed by atoms with Gasteiger partial charge >= 0.3 is 0 Å². The van der Waals surface area contributed by atoms with Crippen LogP contribution in [0.5, 0.6) is 0 Å². The number of amides is 1. The van der Waals surface area contributed by atoms with Gasteiger partial charge in [0.05, 0.1) is 24.5 Å². The van der Waals surface area contributed by atoms with Crippen LogP contribution in [-0.2, 0) is 4.79 Å². The lowest BCUT2D eigenvalue weighted by molar-refractivity contribution is -0.117. The van der Waals surface area contributed by atoms with Gasteiger partial charge in [0, 0.05) is 13.1 Å². The number of carbonyl (C=O) groups is 1. The van der Waals surface area contributed by atoms with Crippen molar-refractivity contribution in [2.75, 3.05) is 30.7 Å². The number of hydrogen-bond acceptors (Lipinski definition) is 5. The summed E-state index contributed by atoms with van der Waals surface area (Å²) in [6.07, 6.45) is 1.92. The maximum absolute atomic E-state index is 11.7. The third kappa shape index (κ3) is 3.40. The van der Waals surface area contributed by atoms with Crippen molar-refractivity contribution in [2.45, 2.75) is 12.5 Å². The number of nitrogen functional groups attached to an aromatic ring is 1. The molecular formula is C11H16N4O2. The number of aromatic nitrogens is 1. The Morgan fingerprint density at radius 1 is 1.65 bits per heavy atom. The Morgan fingerprint density at radius 2 is 2.47 bits per heavy atom. The summed E-state index contributed by atoms with van der Waals surface area (Å²) < 4.78 is 0. The van der Waals surface area contributed by atoms with Crippen molar-refractivity contribution >= 4 is 17.4 Å². The highest BCUT2D eigenvalue weighted by molar-refractivity contribution is 5.91. The van der Waals surface area contributed by atoms with E-state index in [9.17, 15) is 9.90 Å². The number of carbonyl (C=O) groups excluding carboxylic acids is 1. The molecule has 0 aromatic carbocycles. The van der Waals surface area contributed by atoms with Gasteiger partial charge in [-0.25, -0.2) is 4.98 Å². The molecule has 0 saturated carbocycles. The van der Waals surface area contributed by atoms with Crippen molar-refractivity contribution in [3.63, 3.8) is 0 Å². The molecule has 1 atom stereocenters. The summed E-state index contributed by atoms with van der Waals surface area (Å²) in [6, 6.07) is 3.34. The Kier molecular flexibility index (Phi) is 3.55. The minimum atomic E-state index is -0.308. The van der Waals surface area contributed by atoms with Gasteiger partial charge in [0.25, 0.3) is 0 Å². The van der Waals surface area contributed by atoms with Crippen molar-refractivity contribution in [3.8, 4) is 0 Å². The number of aliphatic hydroxyl groups excluding tert-OH is 1. The molecule has 6 heteroatoms. The van der Waals surface area contributed by atoms with Gasteiger partial charge < -0.3 is 16.2 Å². The molecule has 1 amide bonds. The number of nitrogens with zero attached hydrogens (tertiary/aromatic N) is 2. The number of rotatable bonds is 3. The summed E-state index contributed by atoms with van der Waals surface area (Å²) in [5.41, 5.74) is 6.05. The lowest BCUT2D eigenvalue weighted by atomic mass is 10.3. The smallest absolute Gasteiger partial charge is 0.239 e. The number of hydrogen-bond donors (Lipinski definition) is 3. The van der Waals surface area contributed by atoms with Crippen LogP contribution in [0, 0.1) is 0 Å². The van der Waals surface area contributed by atoms with Gasteiger partial charge in [-0.2, -0.15) is 0 Å². The van der Waals surface area contributed by atoms with Crippen LogP contribution in [0.4, 0.5) is 11.5 Å². The average molecular weight is 236 g/mol. The molecule has 0 radical (unpaired) electrons. The largest absolute Gasteiger partial charge is 0.397 e. The van der Waals surface area contributed by atoms with E-state index in [0.717, 1.165) is 13.0 Å². The maximum atomic E-state index is 11.7. The van der Waals surface area contributed by atoms with Gasteiger partial charge in [0.2, 0.25) is 5.91 Å². The van der Waals surface area contributed by atoms with Gasteiger partial charge in [-0.3, -0.25) is 9.69 Å². The number of β-amino-alcohol motifs (C(OH)–C–C–N with tert-alkyl or cyclic N) is 1. The van der Waals surface area contributed by atoms with Crippen molar-refractivity contribution in [1.29, 1.82) is 0 Å². The first-order valence-corrected chi connectivity index (χ1v) is 5.55. The van der Waals surface area contributed by atoms with E-state index in [4.69, 9.17) is 5.73 Å². The summed E-state index contributed by atoms with van der Waals surface area (Å²) >= 11 is 0. The molecule has 2 heterocycles. The Balaban J connectivity index is 1.83. The van der Waals surface area contributed by atoms with Crippen molar-refractivity contribution in [2.24, 2.45) is 0 Å². The molecular weight excluding hydrogens is 220 g/mol. The molecule has 1 unspecified atom stereocenters. The lowest BCUT2D eigenvalue weighted by Crippen LogP contribution is -2.32. The van der Waals surface area contributed by atoms with E-state index in [1.54, 1.807) is 12.1 Å². The molecule has 2 rings (SSSR count). The Bertz CT molecular complexity index is 393. The second-order valence-electron chi connectivity index (χ2n) is 4.20. The topological polar surface area (TPSA) is 91.5 Å².